The van der Waals surface area contributed by atoms with Gasteiger partial charge in [-0.3, -0.25) is 9.36 Å². The minimum atomic E-state index is 0.0577. The maximum Gasteiger partial charge on any atom is 0.263 e. The van der Waals surface area contributed by atoms with Crippen molar-refractivity contribution in [2.24, 2.45) is 5.92 Å². The molecule has 6 heteroatoms. The summed E-state index contributed by atoms with van der Waals surface area (Å²) in [4.78, 5) is 20.4. The second-order valence-electron chi connectivity index (χ2n) is 7.35. The van der Waals surface area contributed by atoms with Crippen LogP contribution in [0.3, 0.4) is 0 Å². The molecule has 1 aliphatic heterocycles. The van der Waals surface area contributed by atoms with Gasteiger partial charge in [-0.15, -0.1) is 17.9 Å². The summed E-state index contributed by atoms with van der Waals surface area (Å²) in [5.41, 5.74) is 2.30. The first-order chi connectivity index (χ1) is 13.6. The molecule has 0 bridgehead atoms. The lowest BCUT2D eigenvalue weighted by Gasteiger charge is -2.26. The van der Waals surface area contributed by atoms with Crippen molar-refractivity contribution < 1.29 is 4.74 Å². The van der Waals surface area contributed by atoms with Crippen molar-refractivity contribution in [1.29, 1.82) is 0 Å². The lowest BCUT2D eigenvalue weighted by molar-refractivity contribution is 0.00200. The zero-order valence-electron chi connectivity index (χ0n) is 16.2. The molecule has 0 N–H and O–H groups in total. The normalized spacial score (nSPS) is 16.5. The average molecular weight is 413 g/mol. The van der Waals surface area contributed by atoms with Gasteiger partial charge in [0.2, 0.25) is 0 Å². The smallest absolute Gasteiger partial charge is 0.263 e. The minimum Gasteiger partial charge on any atom is -0.372 e. The number of aromatic nitrogens is 2. The molecule has 4 rings (SSSR count). The standard InChI is InChI=1S/C22H24N2O2S2/c1-4-10-27-22-23-20-19(16-11-17(14(2)3)26-13-18(16)28-20)21(25)24(22)12-15-8-6-5-7-9-15/h4-9,14,17H,1,10-13H2,2-3H3/t17-/m0/s1. The fourth-order valence-corrected chi connectivity index (χ4v) is 5.42. The van der Waals surface area contributed by atoms with Gasteiger partial charge in [0, 0.05) is 17.1 Å². The van der Waals surface area contributed by atoms with Crippen molar-refractivity contribution in [3.8, 4) is 0 Å². The third kappa shape index (κ3) is 3.69. The van der Waals surface area contributed by atoms with Gasteiger partial charge < -0.3 is 4.74 Å². The van der Waals surface area contributed by atoms with Gasteiger partial charge in [-0.2, -0.15) is 0 Å². The lowest BCUT2D eigenvalue weighted by Crippen LogP contribution is -2.28. The molecule has 1 aliphatic rings. The summed E-state index contributed by atoms with van der Waals surface area (Å²) in [7, 11) is 0. The molecule has 2 aromatic heterocycles. The Hall–Kier alpha value is -1.89. The quantitative estimate of drug-likeness (QED) is 0.329. The first kappa shape index (κ1) is 19.4. The van der Waals surface area contributed by atoms with Crippen molar-refractivity contribution in [3.63, 3.8) is 0 Å². The highest BCUT2D eigenvalue weighted by atomic mass is 32.2. The fraction of sp³-hybridized carbons (Fsp3) is 0.364. The van der Waals surface area contributed by atoms with Gasteiger partial charge in [0.05, 0.1) is 24.6 Å². The van der Waals surface area contributed by atoms with E-state index in [-0.39, 0.29) is 11.7 Å². The molecule has 146 valence electrons. The monoisotopic (exact) mass is 412 g/mol. The van der Waals surface area contributed by atoms with Crippen molar-refractivity contribution in [1.82, 2.24) is 9.55 Å². The van der Waals surface area contributed by atoms with Crippen molar-refractivity contribution >= 4 is 33.3 Å². The van der Waals surface area contributed by atoms with E-state index in [0.717, 1.165) is 43.6 Å². The average Bonchev–Trinajstić information content (AvgIpc) is 3.07. The van der Waals surface area contributed by atoms with Gasteiger partial charge >= 0.3 is 0 Å². The van der Waals surface area contributed by atoms with Gasteiger partial charge in [0.25, 0.3) is 5.56 Å². The lowest BCUT2D eigenvalue weighted by atomic mass is 9.96. The van der Waals surface area contributed by atoms with Crippen LogP contribution in [-0.2, 0) is 24.3 Å². The van der Waals surface area contributed by atoms with Crippen LogP contribution in [-0.4, -0.2) is 21.4 Å². The summed E-state index contributed by atoms with van der Waals surface area (Å²) in [5, 5.41) is 1.54. The van der Waals surface area contributed by atoms with Crippen LogP contribution in [0.25, 0.3) is 10.2 Å². The second kappa shape index (κ2) is 8.23. The Kier molecular flexibility index (Phi) is 5.71. The van der Waals surface area contributed by atoms with Crippen LogP contribution in [0.1, 0.15) is 29.9 Å². The zero-order chi connectivity index (χ0) is 19.7. The number of hydrogen-bond acceptors (Lipinski definition) is 5. The molecule has 0 unspecified atom stereocenters. The van der Waals surface area contributed by atoms with E-state index in [1.165, 1.54) is 0 Å². The molecular formula is C22H24N2O2S2. The number of thioether (sulfide) groups is 1. The molecule has 3 aromatic rings. The number of ether oxygens (including phenoxy) is 1. The summed E-state index contributed by atoms with van der Waals surface area (Å²) in [6.07, 6.45) is 2.78. The summed E-state index contributed by atoms with van der Waals surface area (Å²) >= 11 is 3.16. The molecule has 1 aromatic carbocycles. The van der Waals surface area contributed by atoms with E-state index >= 15 is 0 Å². The molecule has 0 amide bonds. The largest absolute Gasteiger partial charge is 0.372 e. The van der Waals surface area contributed by atoms with Gasteiger partial charge in [-0.25, -0.2) is 4.98 Å². The Balaban J connectivity index is 1.85. The summed E-state index contributed by atoms with van der Waals surface area (Å²) in [6.45, 7) is 9.24. The van der Waals surface area contributed by atoms with E-state index in [4.69, 9.17) is 9.72 Å². The van der Waals surface area contributed by atoms with E-state index < -0.39 is 0 Å². The maximum absolute atomic E-state index is 13.6. The second-order valence-corrected chi connectivity index (χ2v) is 9.42. The SMILES string of the molecule is C=CCSc1nc2sc3c(c2c(=O)n1Cc1ccccc1)C[C@@H](C(C)C)OC3. The zero-order valence-corrected chi connectivity index (χ0v) is 17.8. The molecule has 0 saturated carbocycles. The van der Waals surface area contributed by atoms with Crippen molar-refractivity contribution in [2.45, 2.75) is 44.7 Å². The highest BCUT2D eigenvalue weighted by Crippen LogP contribution is 2.36. The molecule has 4 nitrogen and oxygen atoms in total. The van der Waals surface area contributed by atoms with Crippen LogP contribution < -0.4 is 5.56 Å². The first-order valence-corrected chi connectivity index (χ1v) is 11.3. The molecule has 0 spiro atoms. The topological polar surface area (TPSA) is 44.1 Å². The third-order valence-electron chi connectivity index (χ3n) is 5.05. The number of fused-ring (bicyclic) bond motifs is 3. The number of hydrogen-bond donors (Lipinski definition) is 0. The van der Waals surface area contributed by atoms with E-state index in [1.807, 2.05) is 41.0 Å². The number of nitrogens with zero attached hydrogens (tertiary/aromatic N) is 2. The molecule has 1 atom stereocenters. The van der Waals surface area contributed by atoms with Crippen LogP contribution in [0, 0.1) is 5.92 Å². The van der Waals surface area contributed by atoms with E-state index in [9.17, 15) is 4.79 Å². The molecule has 0 aliphatic carbocycles. The van der Waals surface area contributed by atoms with Crippen molar-refractivity contribution in [2.75, 3.05) is 5.75 Å². The molecule has 0 radical (unpaired) electrons. The third-order valence-corrected chi connectivity index (χ3v) is 7.12. The predicted octanol–water partition coefficient (Wildman–Crippen LogP) is 4.88. The van der Waals surface area contributed by atoms with Gasteiger partial charge in [0.15, 0.2) is 5.16 Å². The molecule has 3 heterocycles. The van der Waals surface area contributed by atoms with Crippen LogP contribution in [0.5, 0.6) is 0 Å². The first-order valence-electron chi connectivity index (χ1n) is 9.52. The highest BCUT2D eigenvalue weighted by molar-refractivity contribution is 7.99. The Morgan fingerprint density at radius 3 is 2.89 bits per heavy atom. The predicted molar refractivity (Wildman–Crippen MR) is 117 cm³/mol. The Morgan fingerprint density at radius 1 is 1.39 bits per heavy atom. The minimum absolute atomic E-state index is 0.0577. The van der Waals surface area contributed by atoms with E-state index in [1.54, 1.807) is 23.1 Å². The molecule has 0 saturated heterocycles. The molecule has 28 heavy (non-hydrogen) atoms. The number of rotatable bonds is 6. The maximum atomic E-state index is 13.6. The number of thiophene rings is 1. The van der Waals surface area contributed by atoms with Crippen LogP contribution in [0.4, 0.5) is 0 Å². The van der Waals surface area contributed by atoms with Crippen LogP contribution in [0.2, 0.25) is 0 Å². The summed E-state index contributed by atoms with van der Waals surface area (Å²) in [6, 6.07) is 10.1. The van der Waals surface area contributed by atoms with Gasteiger partial charge in [-0.1, -0.05) is 62.0 Å². The van der Waals surface area contributed by atoms with Crippen molar-refractivity contribution in [3.05, 3.63) is 69.3 Å². The van der Waals surface area contributed by atoms with E-state index in [0.29, 0.717) is 19.1 Å². The Morgan fingerprint density at radius 2 is 2.18 bits per heavy atom. The van der Waals surface area contributed by atoms with E-state index in [2.05, 4.69) is 20.4 Å². The highest BCUT2D eigenvalue weighted by Gasteiger charge is 2.28. The van der Waals surface area contributed by atoms with Crippen LogP contribution in [0.15, 0.2) is 52.9 Å². The van der Waals surface area contributed by atoms with Gasteiger partial charge in [0.1, 0.15) is 4.83 Å². The number of benzene rings is 1. The van der Waals surface area contributed by atoms with Crippen LogP contribution >= 0.6 is 23.1 Å². The summed E-state index contributed by atoms with van der Waals surface area (Å²) < 4.78 is 7.83. The summed E-state index contributed by atoms with van der Waals surface area (Å²) in [5.74, 6) is 1.14. The molecular weight excluding hydrogens is 388 g/mol. The fourth-order valence-electron chi connectivity index (χ4n) is 3.52. The van der Waals surface area contributed by atoms with Gasteiger partial charge in [-0.05, 0) is 17.0 Å². The Bertz CT molecular complexity index is 1050. The Labute approximate surface area is 173 Å². The molecule has 0 fully saturated rings.